The number of carboxylic acids is 1. The maximum Gasteiger partial charge on any atom is 0.335 e. The lowest BCUT2D eigenvalue weighted by Gasteiger charge is -2.11. The van der Waals surface area contributed by atoms with Gasteiger partial charge in [-0.05, 0) is 35.9 Å². The molecule has 1 heterocycles. The number of ether oxygens (including phenoxy) is 1. The number of rotatable bonds is 3. The van der Waals surface area contributed by atoms with Gasteiger partial charge >= 0.3 is 5.97 Å². The van der Waals surface area contributed by atoms with Gasteiger partial charge in [-0.25, -0.2) is 4.79 Å². The standard InChI is InChI=1S/C16H13NO4/c18-15(14-9-11-3-1-2-4-13(11)21-14)17-12-7-5-10(6-8-12)16(19)20/h1-8,14H,9H2,(H,17,18)(H,19,20)/t14-/m1/s1. The van der Waals surface area contributed by atoms with Gasteiger partial charge in [0.25, 0.3) is 5.91 Å². The summed E-state index contributed by atoms with van der Waals surface area (Å²) < 4.78 is 5.60. The van der Waals surface area contributed by atoms with E-state index in [-0.39, 0.29) is 11.5 Å². The van der Waals surface area contributed by atoms with E-state index >= 15 is 0 Å². The number of fused-ring (bicyclic) bond motifs is 1. The lowest BCUT2D eigenvalue weighted by molar-refractivity contribution is -0.122. The van der Waals surface area contributed by atoms with Gasteiger partial charge in [-0.1, -0.05) is 18.2 Å². The molecule has 0 unspecified atom stereocenters. The van der Waals surface area contributed by atoms with Crippen LogP contribution in [0, 0.1) is 0 Å². The summed E-state index contributed by atoms with van der Waals surface area (Å²) in [7, 11) is 0. The fraction of sp³-hybridized carbons (Fsp3) is 0.125. The zero-order valence-corrected chi connectivity index (χ0v) is 11.1. The van der Waals surface area contributed by atoms with Crippen LogP contribution in [0.15, 0.2) is 48.5 Å². The van der Waals surface area contributed by atoms with Crippen LogP contribution in [0.5, 0.6) is 5.75 Å². The number of carbonyl (C=O) groups is 2. The van der Waals surface area contributed by atoms with Crippen LogP contribution in [-0.4, -0.2) is 23.1 Å². The molecule has 1 aliphatic rings. The van der Waals surface area contributed by atoms with E-state index < -0.39 is 12.1 Å². The predicted octanol–water partition coefficient (Wildman–Crippen LogP) is 2.33. The summed E-state index contributed by atoms with van der Waals surface area (Å²) in [5.74, 6) is -0.504. The molecule has 5 heteroatoms. The minimum absolute atomic E-state index is 0.178. The maximum absolute atomic E-state index is 12.1. The van der Waals surface area contributed by atoms with Crippen molar-refractivity contribution in [3.8, 4) is 5.75 Å². The Bertz CT molecular complexity index is 669. The van der Waals surface area contributed by atoms with Crippen LogP contribution in [0.4, 0.5) is 5.69 Å². The molecule has 3 rings (SSSR count). The van der Waals surface area contributed by atoms with Crippen molar-refractivity contribution < 1.29 is 19.4 Å². The first-order valence-corrected chi connectivity index (χ1v) is 6.52. The molecule has 2 aromatic rings. The molecule has 0 saturated carbocycles. The first kappa shape index (κ1) is 13.2. The largest absolute Gasteiger partial charge is 0.480 e. The van der Waals surface area contributed by atoms with Crippen molar-refractivity contribution in [3.63, 3.8) is 0 Å². The van der Waals surface area contributed by atoms with E-state index in [2.05, 4.69) is 5.32 Å². The van der Waals surface area contributed by atoms with Crippen molar-refractivity contribution in [2.24, 2.45) is 0 Å². The Morgan fingerprint density at radius 3 is 2.48 bits per heavy atom. The van der Waals surface area contributed by atoms with Gasteiger partial charge in [0.2, 0.25) is 0 Å². The zero-order valence-electron chi connectivity index (χ0n) is 11.1. The number of carbonyl (C=O) groups excluding carboxylic acids is 1. The minimum atomic E-state index is -0.998. The Labute approximate surface area is 121 Å². The Morgan fingerprint density at radius 2 is 1.81 bits per heavy atom. The molecule has 1 amide bonds. The summed E-state index contributed by atoms with van der Waals surface area (Å²) in [6.45, 7) is 0. The normalized spacial score (nSPS) is 15.9. The molecule has 0 aliphatic carbocycles. The second-order valence-electron chi connectivity index (χ2n) is 4.79. The molecule has 0 bridgehead atoms. The Hall–Kier alpha value is -2.82. The molecule has 5 nitrogen and oxygen atoms in total. The SMILES string of the molecule is O=C(O)c1ccc(NC(=O)[C@H]2Cc3ccccc3O2)cc1. The number of para-hydroxylation sites is 1. The monoisotopic (exact) mass is 283 g/mol. The number of anilines is 1. The smallest absolute Gasteiger partial charge is 0.335 e. The molecule has 2 aromatic carbocycles. The van der Waals surface area contributed by atoms with Crippen LogP contribution in [0.2, 0.25) is 0 Å². The Kier molecular flexibility index (Phi) is 3.31. The minimum Gasteiger partial charge on any atom is -0.480 e. The zero-order chi connectivity index (χ0) is 14.8. The van der Waals surface area contributed by atoms with E-state index in [9.17, 15) is 9.59 Å². The third kappa shape index (κ3) is 2.72. The third-order valence-electron chi connectivity index (χ3n) is 3.34. The average molecular weight is 283 g/mol. The van der Waals surface area contributed by atoms with E-state index in [0.29, 0.717) is 12.1 Å². The van der Waals surface area contributed by atoms with Crippen LogP contribution in [0.3, 0.4) is 0 Å². The first-order valence-electron chi connectivity index (χ1n) is 6.52. The summed E-state index contributed by atoms with van der Waals surface area (Å²) in [6.07, 6.45) is -0.0172. The number of amides is 1. The topological polar surface area (TPSA) is 75.6 Å². The lowest BCUT2D eigenvalue weighted by atomic mass is 10.1. The molecule has 0 aromatic heterocycles. The van der Waals surface area contributed by atoms with Crippen LogP contribution in [0.1, 0.15) is 15.9 Å². The fourth-order valence-corrected chi connectivity index (χ4v) is 2.25. The average Bonchev–Trinajstić information content (AvgIpc) is 2.92. The second kappa shape index (κ2) is 5.28. The van der Waals surface area contributed by atoms with Gasteiger partial charge in [-0.3, -0.25) is 4.79 Å². The van der Waals surface area contributed by atoms with E-state index in [1.807, 2.05) is 24.3 Å². The first-order chi connectivity index (χ1) is 10.1. The predicted molar refractivity (Wildman–Crippen MR) is 76.6 cm³/mol. The van der Waals surface area contributed by atoms with Crippen LogP contribution >= 0.6 is 0 Å². The van der Waals surface area contributed by atoms with Crippen molar-refractivity contribution in [1.29, 1.82) is 0 Å². The molecule has 2 N–H and O–H groups in total. The number of benzene rings is 2. The maximum atomic E-state index is 12.1. The number of carboxylic acid groups (broad SMARTS) is 1. The van der Waals surface area contributed by atoms with Gasteiger partial charge in [0.05, 0.1) is 5.56 Å². The summed E-state index contributed by atoms with van der Waals surface area (Å²) in [4.78, 5) is 22.9. The Morgan fingerprint density at radius 1 is 1.10 bits per heavy atom. The van der Waals surface area contributed by atoms with Crippen molar-refractivity contribution >= 4 is 17.6 Å². The lowest BCUT2D eigenvalue weighted by Crippen LogP contribution is -2.31. The highest BCUT2D eigenvalue weighted by Crippen LogP contribution is 2.28. The number of hydrogen-bond acceptors (Lipinski definition) is 3. The molecule has 0 radical (unpaired) electrons. The number of nitrogens with one attached hydrogen (secondary N) is 1. The summed E-state index contributed by atoms with van der Waals surface area (Å²) >= 11 is 0. The van der Waals surface area contributed by atoms with Gasteiger partial charge < -0.3 is 15.2 Å². The van der Waals surface area contributed by atoms with Crippen molar-refractivity contribution in [3.05, 3.63) is 59.7 Å². The summed E-state index contributed by atoms with van der Waals surface area (Å²) in [5.41, 5.74) is 1.74. The summed E-state index contributed by atoms with van der Waals surface area (Å²) in [6, 6.07) is 13.6. The molecule has 1 atom stereocenters. The highest BCUT2D eigenvalue weighted by Gasteiger charge is 2.28. The van der Waals surface area contributed by atoms with Crippen molar-refractivity contribution in [1.82, 2.24) is 0 Å². The molecule has 1 aliphatic heterocycles. The van der Waals surface area contributed by atoms with E-state index in [1.54, 1.807) is 12.1 Å². The molecule has 0 saturated heterocycles. The van der Waals surface area contributed by atoms with E-state index in [1.165, 1.54) is 12.1 Å². The molecular weight excluding hydrogens is 270 g/mol. The molecule has 0 spiro atoms. The quantitative estimate of drug-likeness (QED) is 0.906. The van der Waals surface area contributed by atoms with Gasteiger partial charge in [0.1, 0.15) is 5.75 Å². The van der Waals surface area contributed by atoms with Gasteiger partial charge in [-0.15, -0.1) is 0 Å². The Balaban J connectivity index is 1.66. The molecule has 0 fully saturated rings. The summed E-state index contributed by atoms with van der Waals surface area (Å²) in [5, 5.41) is 11.6. The van der Waals surface area contributed by atoms with Gasteiger partial charge in [-0.2, -0.15) is 0 Å². The molecular formula is C16H13NO4. The van der Waals surface area contributed by atoms with Crippen molar-refractivity contribution in [2.75, 3.05) is 5.32 Å². The van der Waals surface area contributed by atoms with E-state index in [4.69, 9.17) is 9.84 Å². The highest BCUT2D eigenvalue weighted by atomic mass is 16.5. The van der Waals surface area contributed by atoms with E-state index in [0.717, 1.165) is 11.3 Å². The molecule has 106 valence electrons. The van der Waals surface area contributed by atoms with Gasteiger partial charge in [0, 0.05) is 12.1 Å². The van der Waals surface area contributed by atoms with Crippen LogP contribution in [0.25, 0.3) is 0 Å². The van der Waals surface area contributed by atoms with Gasteiger partial charge in [0.15, 0.2) is 6.10 Å². The van der Waals surface area contributed by atoms with Crippen LogP contribution in [-0.2, 0) is 11.2 Å². The van der Waals surface area contributed by atoms with Crippen molar-refractivity contribution in [2.45, 2.75) is 12.5 Å². The van der Waals surface area contributed by atoms with Crippen LogP contribution < -0.4 is 10.1 Å². The fourth-order valence-electron chi connectivity index (χ4n) is 2.25. The third-order valence-corrected chi connectivity index (χ3v) is 3.34. The number of hydrogen-bond donors (Lipinski definition) is 2. The highest BCUT2D eigenvalue weighted by molar-refractivity contribution is 5.95. The number of aromatic carboxylic acids is 1. The molecule has 21 heavy (non-hydrogen) atoms. The second-order valence-corrected chi connectivity index (χ2v) is 4.79.